The highest BCUT2D eigenvalue weighted by atomic mass is 19.4. The summed E-state index contributed by atoms with van der Waals surface area (Å²) in [7, 11) is 0. The number of carbonyl (C=O) groups is 2. The number of aromatic nitrogens is 1. The molecule has 10 heteroatoms. The summed E-state index contributed by atoms with van der Waals surface area (Å²) in [4.78, 5) is 31.5. The molecule has 2 N–H and O–H groups in total. The number of rotatable bonds is 8. The van der Waals surface area contributed by atoms with E-state index in [1.54, 1.807) is 12.4 Å². The van der Waals surface area contributed by atoms with Gasteiger partial charge in [-0.3, -0.25) is 19.5 Å². The predicted octanol–water partition coefficient (Wildman–Crippen LogP) is 3.55. The minimum Gasteiger partial charge on any atom is -0.370 e. The second-order valence-electron chi connectivity index (χ2n) is 9.39. The van der Waals surface area contributed by atoms with E-state index in [1.807, 2.05) is 12.1 Å². The number of alkyl halides is 3. The topological polar surface area (TPSA) is 83.6 Å². The summed E-state index contributed by atoms with van der Waals surface area (Å²) in [6.45, 7) is 1.38. The molecule has 0 bridgehead atoms. The third-order valence-corrected chi connectivity index (χ3v) is 6.78. The zero-order valence-electron chi connectivity index (χ0n) is 20.0. The Morgan fingerprint density at radius 1 is 1.08 bits per heavy atom. The number of carbonyl (C=O) groups excluding carboxylic acids is 2. The average Bonchev–Trinajstić information content (AvgIpc) is 3.29. The molecular formula is C26H31F3N4O3. The fourth-order valence-electron chi connectivity index (χ4n) is 4.90. The molecule has 0 unspecified atom stereocenters. The highest BCUT2D eigenvalue weighted by Gasteiger charge is 2.38. The molecule has 7 nitrogen and oxygen atoms in total. The van der Waals surface area contributed by atoms with Gasteiger partial charge in [0.05, 0.1) is 30.9 Å². The van der Waals surface area contributed by atoms with E-state index in [2.05, 4.69) is 20.5 Å². The molecule has 2 amide bonds. The lowest BCUT2D eigenvalue weighted by molar-refractivity contribution is -0.137. The van der Waals surface area contributed by atoms with Crippen LogP contribution < -0.4 is 10.6 Å². The maximum absolute atomic E-state index is 12.9. The number of nitrogens with one attached hydrogen (secondary N) is 2. The molecule has 1 aliphatic carbocycles. The fraction of sp³-hybridized carbons (Fsp3) is 0.500. The van der Waals surface area contributed by atoms with Gasteiger partial charge in [-0.2, -0.15) is 13.2 Å². The number of likely N-dealkylation sites (tertiary alicyclic amines) is 1. The van der Waals surface area contributed by atoms with Crippen molar-refractivity contribution < 1.29 is 27.5 Å². The monoisotopic (exact) mass is 504 g/mol. The molecule has 1 aromatic carbocycles. The predicted molar refractivity (Wildman–Crippen MR) is 127 cm³/mol. The lowest BCUT2D eigenvalue weighted by Gasteiger charge is -2.30. The van der Waals surface area contributed by atoms with Gasteiger partial charge in [0.15, 0.2) is 0 Å². The van der Waals surface area contributed by atoms with E-state index in [0.717, 1.165) is 30.5 Å². The van der Waals surface area contributed by atoms with Gasteiger partial charge < -0.3 is 15.4 Å². The van der Waals surface area contributed by atoms with Crippen LogP contribution in [0.3, 0.4) is 0 Å². The first-order valence-corrected chi connectivity index (χ1v) is 12.3. The summed E-state index contributed by atoms with van der Waals surface area (Å²) in [5.74, 6) is -1.16. The zero-order chi connectivity index (χ0) is 25.5. The summed E-state index contributed by atoms with van der Waals surface area (Å²) in [5.41, 5.74) is -0.131. The number of hydrogen-bond donors (Lipinski definition) is 2. The van der Waals surface area contributed by atoms with Crippen LogP contribution in [0.15, 0.2) is 48.8 Å². The van der Waals surface area contributed by atoms with Crippen molar-refractivity contribution in [2.75, 3.05) is 19.6 Å². The first kappa shape index (κ1) is 26.1. The Bertz CT molecular complexity index is 1030. The van der Waals surface area contributed by atoms with Crippen LogP contribution >= 0.6 is 0 Å². The first-order chi connectivity index (χ1) is 17.3. The van der Waals surface area contributed by atoms with Gasteiger partial charge in [-0.05, 0) is 42.7 Å². The Morgan fingerprint density at radius 3 is 2.61 bits per heavy atom. The standard InChI is InChI=1S/C26H31F3N4O3/c27-26(28,29)20-8-4-7-19(12-20)25(35)31-14-24(34)32-22-15-33(21-9-2-1-3-10-21)16-23(22)36-17-18-6-5-11-30-13-18/h4-8,11-13,21-23H,1-3,9-10,14-17H2,(H,31,35)(H,32,34)/t22-,23-/m0/s1. The van der Waals surface area contributed by atoms with E-state index in [0.29, 0.717) is 25.7 Å². The van der Waals surface area contributed by atoms with Crippen molar-refractivity contribution in [3.63, 3.8) is 0 Å². The number of ether oxygens (including phenoxy) is 1. The molecule has 2 aliphatic rings. The molecule has 2 heterocycles. The summed E-state index contributed by atoms with van der Waals surface area (Å²) < 4.78 is 45.0. The zero-order valence-corrected chi connectivity index (χ0v) is 20.0. The summed E-state index contributed by atoms with van der Waals surface area (Å²) >= 11 is 0. The van der Waals surface area contributed by atoms with Crippen LogP contribution in [0.2, 0.25) is 0 Å². The van der Waals surface area contributed by atoms with Gasteiger partial charge in [-0.25, -0.2) is 0 Å². The molecule has 2 fully saturated rings. The number of hydrogen-bond acceptors (Lipinski definition) is 5. The molecule has 2 aromatic rings. The van der Waals surface area contributed by atoms with E-state index in [4.69, 9.17) is 4.74 Å². The highest BCUT2D eigenvalue weighted by Crippen LogP contribution is 2.30. The Morgan fingerprint density at radius 2 is 1.89 bits per heavy atom. The second kappa shape index (κ2) is 11.8. The van der Waals surface area contributed by atoms with Crippen LogP contribution in [-0.2, 0) is 22.3 Å². The third kappa shape index (κ3) is 7.04. The van der Waals surface area contributed by atoms with E-state index in [9.17, 15) is 22.8 Å². The second-order valence-corrected chi connectivity index (χ2v) is 9.39. The van der Waals surface area contributed by atoms with E-state index in [-0.39, 0.29) is 24.3 Å². The van der Waals surface area contributed by atoms with Crippen molar-refractivity contribution in [2.24, 2.45) is 0 Å². The molecule has 36 heavy (non-hydrogen) atoms. The quantitative estimate of drug-likeness (QED) is 0.575. The number of benzene rings is 1. The number of halogens is 3. The van der Waals surface area contributed by atoms with E-state index in [1.165, 1.54) is 31.4 Å². The summed E-state index contributed by atoms with van der Waals surface area (Å²) in [6.07, 6.45) is 4.55. The number of nitrogens with zero attached hydrogens (tertiary/aromatic N) is 2. The SMILES string of the molecule is O=C(CNC(=O)c1cccc(C(F)(F)F)c1)N[C@H]1CN(C2CCCCC2)C[C@@H]1OCc1cccnc1. The normalized spacial score (nSPS) is 21.3. The molecule has 0 radical (unpaired) electrons. The van der Waals surface area contributed by atoms with Gasteiger partial charge in [-0.15, -0.1) is 0 Å². The first-order valence-electron chi connectivity index (χ1n) is 12.3. The third-order valence-electron chi connectivity index (χ3n) is 6.78. The molecular weight excluding hydrogens is 473 g/mol. The van der Waals surface area contributed by atoms with Crippen LogP contribution in [0.1, 0.15) is 53.6 Å². The van der Waals surface area contributed by atoms with Crippen LogP contribution in [0, 0.1) is 0 Å². The summed E-state index contributed by atoms with van der Waals surface area (Å²) in [5, 5.41) is 5.38. The van der Waals surface area contributed by atoms with Crippen molar-refractivity contribution in [2.45, 2.75) is 63.1 Å². The Kier molecular flexibility index (Phi) is 8.58. The molecule has 194 valence electrons. The Balaban J connectivity index is 1.34. The molecule has 2 atom stereocenters. The maximum Gasteiger partial charge on any atom is 0.416 e. The van der Waals surface area contributed by atoms with Gasteiger partial charge in [0.25, 0.3) is 5.91 Å². The van der Waals surface area contributed by atoms with E-state index < -0.39 is 23.6 Å². The molecule has 1 aliphatic heterocycles. The lowest BCUT2D eigenvalue weighted by atomic mass is 9.94. The van der Waals surface area contributed by atoms with Crippen molar-refractivity contribution in [1.82, 2.24) is 20.5 Å². The van der Waals surface area contributed by atoms with Crippen molar-refractivity contribution >= 4 is 11.8 Å². The molecule has 1 saturated carbocycles. The minimum atomic E-state index is -4.55. The Hall–Kier alpha value is -2.98. The Labute approximate surface area is 208 Å². The van der Waals surface area contributed by atoms with Crippen molar-refractivity contribution in [1.29, 1.82) is 0 Å². The van der Waals surface area contributed by atoms with Crippen LogP contribution in [0.4, 0.5) is 13.2 Å². The molecule has 1 saturated heterocycles. The molecule has 4 rings (SSSR count). The van der Waals surface area contributed by atoms with Crippen LogP contribution in [0.25, 0.3) is 0 Å². The van der Waals surface area contributed by atoms with Gasteiger partial charge in [0.1, 0.15) is 0 Å². The van der Waals surface area contributed by atoms with Crippen molar-refractivity contribution in [3.05, 3.63) is 65.5 Å². The maximum atomic E-state index is 12.9. The fourth-order valence-corrected chi connectivity index (χ4v) is 4.90. The minimum absolute atomic E-state index is 0.153. The van der Waals surface area contributed by atoms with Gasteiger partial charge >= 0.3 is 6.18 Å². The molecule has 1 aromatic heterocycles. The summed E-state index contributed by atoms with van der Waals surface area (Å²) in [6, 6.07) is 8.09. The lowest BCUT2D eigenvalue weighted by Crippen LogP contribution is -2.47. The largest absolute Gasteiger partial charge is 0.416 e. The van der Waals surface area contributed by atoms with Gasteiger partial charge in [-0.1, -0.05) is 31.4 Å². The highest BCUT2D eigenvalue weighted by molar-refractivity contribution is 5.96. The number of pyridine rings is 1. The van der Waals surface area contributed by atoms with Gasteiger partial charge in [0.2, 0.25) is 5.91 Å². The van der Waals surface area contributed by atoms with E-state index >= 15 is 0 Å². The van der Waals surface area contributed by atoms with Crippen LogP contribution in [0.5, 0.6) is 0 Å². The average molecular weight is 505 g/mol. The number of amides is 2. The molecule has 0 spiro atoms. The smallest absolute Gasteiger partial charge is 0.370 e. The van der Waals surface area contributed by atoms with Crippen LogP contribution in [-0.4, -0.2) is 59.5 Å². The van der Waals surface area contributed by atoms with Crippen molar-refractivity contribution in [3.8, 4) is 0 Å². The van der Waals surface area contributed by atoms with Gasteiger partial charge in [0, 0.05) is 37.1 Å².